The molecular weight excluding hydrogens is 330 g/mol. The predicted molar refractivity (Wildman–Crippen MR) is 91.3 cm³/mol. The first-order valence-corrected chi connectivity index (χ1v) is 8.96. The summed E-state index contributed by atoms with van der Waals surface area (Å²) in [6.45, 7) is 5.36. The van der Waals surface area contributed by atoms with E-state index in [1.165, 1.54) is 11.3 Å². The van der Waals surface area contributed by atoms with Gasteiger partial charge in [0, 0.05) is 4.88 Å². The van der Waals surface area contributed by atoms with Crippen LogP contribution in [-0.2, 0) is 14.3 Å². The van der Waals surface area contributed by atoms with Crippen molar-refractivity contribution in [1.29, 1.82) is 0 Å². The minimum Gasteiger partial charge on any atom is -0.481 e. The molecule has 1 fully saturated rings. The molecule has 1 aliphatic rings. The third-order valence-electron chi connectivity index (χ3n) is 4.07. The SMILES string of the molecule is Cc1cc(C(=O)OC(C)C)c(NC(=O)[C@H]2CCCC[C@H]2C(=O)O)s1. The Kier molecular flexibility index (Phi) is 5.99. The largest absolute Gasteiger partial charge is 0.481 e. The number of nitrogens with one attached hydrogen (secondary N) is 1. The first kappa shape index (κ1) is 18.4. The molecule has 0 bridgehead atoms. The fraction of sp³-hybridized carbons (Fsp3) is 0.588. The summed E-state index contributed by atoms with van der Waals surface area (Å²) in [6, 6.07) is 1.68. The van der Waals surface area contributed by atoms with Gasteiger partial charge in [-0.2, -0.15) is 0 Å². The van der Waals surface area contributed by atoms with E-state index in [0.717, 1.165) is 17.7 Å². The molecule has 1 aromatic rings. The van der Waals surface area contributed by atoms with E-state index in [1.807, 2.05) is 6.92 Å². The van der Waals surface area contributed by atoms with E-state index in [1.54, 1.807) is 19.9 Å². The van der Waals surface area contributed by atoms with Crippen LogP contribution in [0.4, 0.5) is 5.00 Å². The Balaban J connectivity index is 2.16. The van der Waals surface area contributed by atoms with Crippen molar-refractivity contribution >= 4 is 34.2 Å². The summed E-state index contributed by atoms with van der Waals surface area (Å²) >= 11 is 1.29. The van der Waals surface area contributed by atoms with E-state index < -0.39 is 23.8 Å². The Bertz CT molecular complexity index is 637. The Labute approximate surface area is 145 Å². The lowest BCUT2D eigenvalue weighted by Gasteiger charge is -2.27. The molecule has 1 heterocycles. The van der Waals surface area contributed by atoms with Gasteiger partial charge in [0.25, 0.3) is 0 Å². The predicted octanol–water partition coefficient (Wildman–Crippen LogP) is 3.45. The van der Waals surface area contributed by atoms with Crippen LogP contribution < -0.4 is 5.32 Å². The van der Waals surface area contributed by atoms with Crippen LogP contribution >= 0.6 is 11.3 Å². The fourth-order valence-electron chi connectivity index (χ4n) is 2.98. The smallest absolute Gasteiger partial charge is 0.341 e. The van der Waals surface area contributed by atoms with E-state index in [4.69, 9.17) is 4.74 Å². The second-order valence-electron chi connectivity index (χ2n) is 6.38. The summed E-state index contributed by atoms with van der Waals surface area (Å²) in [5.74, 6) is -2.97. The van der Waals surface area contributed by atoms with E-state index in [9.17, 15) is 19.5 Å². The molecule has 132 valence electrons. The highest BCUT2D eigenvalue weighted by Crippen LogP contribution is 2.34. The molecule has 1 aliphatic carbocycles. The average Bonchev–Trinajstić information content (AvgIpc) is 2.87. The number of anilines is 1. The number of esters is 1. The summed E-state index contributed by atoms with van der Waals surface area (Å²) in [5, 5.41) is 12.5. The summed E-state index contributed by atoms with van der Waals surface area (Å²) in [7, 11) is 0. The molecule has 7 heteroatoms. The second kappa shape index (κ2) is 7.79. The van der Waals surface area contributed by atoms with Crippen molar-refractivity contribution in [3.05, 3.63) is 16.5 Å². The van der Waals surface area contributed by atoms with Gasteiger partial charge in [0.1, 0.15) is 5.00 Å². The summed E-state index contributed by atoms with van der Waals surface area (Å²) in [6.07, 6.45) is 2.48. The number of carbonyl (C=O) groups is 3. The first-order chi connectivity index (χ1) is 11.3. The van der Waals surface area contributed by atoms with Crippen molar-refractivity contribution in [2.24, 2.45) is 11.8 Å². The first-order valence-electron chi connectivity index (χ1n) is 8.14. The number of hydrogen-bond donors (Lipinski definition) is 2. The molecule has 1 saturated carbocycles. The number of carboxylic acids is 1. The zero-order valence-corrected chi connectivity index (χ0v) is 14.9. The van der Waals surface area contributed by atoms with Gasteiger partial charge in [-0.3, -0.25) is 9.59 Å². The van der Waals surface area contributed by atoms with Crippen LogP contribution in [0.25, 0.3) is 0 Å². The van der Waals surface area contributed by atoms with E-state index in [0.29, 0.717) is 23.4 Å². The molecule has 0 radical (unpaired) electrons. The Morgan fingerprint density at radius 3 is 2.46 bits per heavy atom. The Hall–Kier alpha value is -1.89. The molecule has 0 unspecified atom stereocenters. The molecule has 24 heavy (non-hydrogen) atoms. The van der Waals surface area contributed by atoms with Gasteiger partial charge in [-0.05, 0) is 39.7 Å². The van der Waals surface area contributed by atoms with Crippen LogP contribution in [0, 0.1) is 18.8 Å². The van der Waals surface area contributed by atoms with Gasteiger partial charge < -0.3 is 15.2 Å². The number of aryl methyl sites for hydroxylation is 1. The fourth-order valence-corrected chi connectivity index (χ4v) is 3.88. The molecule has 0 aromatic carbocycles. The van der Waals surface area contributed by atoms with Gasteiger partial charge in [-0.25, -0.2) is 4.79 Å². The number of hydrogen-bond acceptors (Lipinski definition) is 5. The van der Waals surface area contributed by atoms with Crippen molar-refractivity contribution in [2.45, 2.75) is 52.6 Å². The molecule has 0 saturated heterocycles. The lowest BCUT2D eigenvalue weighted by atomic mass is 9.79. The molecule has 2 rings (SSSR count). The summed E-state index contributed by atoms with van der Waals surface area (Å²) < 4.78 is 5.20. The lowest BCUT2D eigenvalue weighted by Crippen LogP contribution is -2.36. The standard InChI is InChI=1S/C17H23NO5S/c1-9(2)23-17(22)13-8-10(3)24-15(13)18-14(19)11-6-4-5-7-12(11)16(20)21/h8-9,11-12H,4-7H2,1-3H3,(H,18,19)(H,20,21)/t11-,12+/m0/s1. The summed E-state index contributed by atoms with van der Waals surface area (Å²) in [4.78, 5) is 37.0. The highest BCUT2D eigenvalue weighted by molar-refractivity contribution is 7.16. The van der Waals surface area contributed by atoms with Crippen molar-refractivity contribution in [3.63, 3.8) is 0 Å². The van der Waals surface area contributed by atoms with Crippen molar-refractivity contribution < 1.29 is 24.2 Å². The molecule has 1 aromatic heterocycles. The minimum atomic E-state index is -0.934. The zero-order valence-electron chi connectivity index (χ0n) is 14.1. The van der Waals surface area contributed by atoms with Crippen LogP contribution in [0.3, 0.4) is 0 Å². The van der Waals surface area contributed by atoms with Gasteiger partial charge in [0.15, 0.2) is 0 Å². The Morgan fingerprint density at radius 1 is 1.25 bits per heavy atom. The zero-order chi connectivity index (χ0) is 17.9. The number of ether oxygens (including phenoxy) is 1. The minimum absolute atomic E-state index is 0.254. The lowest BCUT2D eigenvalue weighted by molar-refractivity contribution is -0.147. The van der Waals surface area contributed by atoms with Gasteiger partial charge in [0.2, 0.25) is 5.91 Å². The molecule has 0 aliphatic heterocycles. The van der Waals surface area contributed by atoms with Gasteiger partial charge in [0.05, 0.1) is 23.5 Å². The van der Waals surface area contributed by atoms with Crippen molar-refractivity contribution in [3.8, 4) is 0 Å². The van der Waals surface area contributed by atoms with Gasteiger partial charge in [-0.15, -0.1) is 11.3 Å². The van der Waals surface area contributed by atoms with Crippen LogP contribution in [0.1, 0.15) is 54.8 Å². The van der Waals surface area contributed by atoms with Crippen LogP contribution in [0.15, 0.2) is 6.07 Å². The average molecular weight is 353 g/mol. The number of rotatable bonds is 5. The van der Waals surface area contributed by atoms with Gasteiger partial charge >= 0.3 is 11.9 Å². The summed E-state index contributed by atoms with van der Waals surface area (Å²) in [5.41, 5.74) is 0.322. The number of amides is 1. The highest BCUT2D eigenvalue weighted by Gasteiger charge is 2.36. The van der Waals surface area contributed by atoms with Crippen molar-refractivity contribution in [1.82, 2.24) is 0 Å². The number of aliphatic carboxylic acids is 1. The van der Waals surface area contributed by atoms with Gasteiger partial charge in [-0.1, -0.05) is 12.8 Å². The Morgan fingerprint density at radius 2 is 1.88 bits per heavy atom. The van der Waals surface area contributed by atoms with Crippen LogP contribution in [0.2, 0.25) is 0 Å². The monoisotopic (exact) mass is 353 g/mol. The van der Waals surface area contributed by atoms with E-state index in [-0.39, 0.29) is 12.0 Å². The van der Waals surface area contributed by atoms with E-state index >= 15 is 0 Å². The molecule has 1 amide bonds. The quantitative estimate of drug-likeness (QED) is 0.791. The van der Waals surface area contributed by atoms with E-state index in [2.05, 4.69) is 5.32 Å². The molecular formula is C17H23NO5S. The number of carboxylic acid groups (broad SMARTS) is 1. The maximum Gasteiger partial charge on any atom is 0.341 e. The topological polar surface area (TPSA) is 92.7 Å². The van der Waals surface area contributed by atoms with Crippen molar-refractivity contribution in [2.75, 3.05) is 5.32 Å². The molecule has 2 N–H and O–H groups in total. The maximum atomic E-state index is 12.6. The molecule has 2 atom stereocenters. The molecule has 6 nitrogen and oxygen atoms in total. The van der Waals surface area contributed by atoms with Crippen LogP contribution in [-0.4, -0.2) is 29.1 Å². The number of carbonyl (C=O) groups excluding carboxylic acids is 2. The molecule has 0 spiro atoms. The second-order valence-corrected chi connectivity index (χ2v) is 7.64. The maximum absolute atomic E-state index is 12.6. The third-order valence-corrected chi connectivity index (χ3v) is 5.04. The van der Waals surface area contributed by atoms with Crippen LogP contribution in [0.5, 0.6) is 0 Å². The normalized spacial score (nSPS) is 20.7. The number of thiophene rings is 1. The third kappa shape index (κ3) is 4.35. The highest BCUT2D eigenvalue weighted by atomic mass is 32.1.